The Kier molecular flexibility index (Phi) is 3.64. The number of aryl methyl sites for hydroxylation is 1. The van der Waals surface area contributed by atoms with Gasteiger partial charge in [-0.2, -0.15) is 0 Å². The lowest BCUT2D eigenvalue weighted by Gasteiger charge is -2.33. The van der Waals surface area contributed by atoms with Crippen LogP contribution in [0.1, 0.15) is 58.0 Å². The number of hydrogen-bond acceptors (Lipinski definition) is 4. The maximum absolute atomic E-state index is 12.3. The van der Waals surface area contributed by atoms with Crippen molar-refractivity contribution >= 4 is 23.3 Å². The molecule has 0 radical (unpaired) electrons. The van der Waals surface area contributed by atoms with E-state index in [9.17, 15) is 9.90 Å². The maximum atomic E-state index is 12.3. The molecule has 1 atom stereocenters. The summed E-state index contributed by atoms with van der Waals surface area (Å²) in [6, 6.07) is 7.22. The number of phenolic OH excluding ortho intramolecular Hbond substituents is 1. The topological polar surface area (TPSA) is 49.8 Å². The molecule has 0 amide bonds. The van der Waals surface area contributed by atoms with E-state index < -0.39 is 6.10 Å². The molecule has 0 saturated heterocycles. The molecule has 0 unspecified atom stereocenters. The van der Waals surface area contributed by atoms with Gasteiger partial charge in [0.25, 0.3) is 0 Å². The molecule has 3 aliphatic rings. The summed E-state index contributed by atoms with van der Waals surface area (Å²) in [5.74, 6) is -0.0766. The van der Waals surface area contributed by atoms with Gasteiger partial charge in [-0.25, -0.2) is 4.79 Å². The van der Waals surface area contributed by atoms with E-state index in [0.29, 0.717) is 16.1 Å². The molecule has 2 aromatic rings. The van der Waals surface area contributed by atoms with Crippen LogP contribution in [-0.2, 0) is 17.6 Å². The fourth-order valence-corrected chi connectivity index (χ4v) is 4.81. The summed E-state index contributed by atoms with van der Waals surface area (Å²) in [7, 11) is 0. The van der Waals surface area contributed by atoms with Crippen LogP contribution in [-0.4, -0.2) is 24.2 Å². The first-order chi connectivity index (χ1) is 12.6. The molecule has 0 aromatic heterocycles. The second-order valence-electron chi connectivity index (χ2n) is 7.37. The van der Waals surface area contributed by atoms with Crippen LogP contribution >= 0.6 is 11.6 Å². The van der Waals surface area contributed by atoms with Crippen LogP contribution in [0.2, 0.25) is 5.02 Å². The normalized spacial score (nSPS) is 21.0. The van der Waals surface area contributed by atoms with Gasteiger partial charge in [0.05, 0.1) is 5.56 Å². The average Bonchev–Trinajstić information content (AvgIpc) is 2.82. The molecular formula is C21H20ClNO3. The van der Waals surface area contributed by atoms with Gasteiger partial charge in [-0.15, -0.1) is 0 Å². The van der Waals surface area contributed by atoms with Gasteiger partial charge in [0.15, 0.2) is 6.10 Å². The number of ether oxygens (including phenoxy) is 1. The van der Waals surface area contributed by atoms with Crippen LogP contribution in [0.4, 0.5) is 5.69 Å². The maximum Gasteiger partial charge on any atom is 0.339 e. The third kappa shape index (κ3) is 2.32. The predicted molar refractivity (Wildman–Crippen MR) is 100 cm³/mol. The van der Waals surface area contributed by atoms with Crippen molar-refractivity contribution in [3.63, 3.8) is 0 Å². The summed E-state index contributed by atoms with van der Waals surface area (Å²) in [5, 5.41) is 11.6. The van der Waals surface area contributed by atoms with Crippen LogP contribution in [0.25, 0.3) is 0 Å². The lowest BCUT2D eigenvalue weighted by atomic mass is 9.89. The number of carbonyl (C=O) groups excluding carboxylic acids is 1. The third-order valence-electron chi connectivity index (χ3n) is 5.80. The lowest BCUT2D eigenvalue weighted by Crippen LogP contribution is -2.30. The zero-order valence-electron chi connectivity index (χ0n) is 14.4. The number of cyclic esters (lactones) is 1. The number of fused-ring (bicyclic) bond motifs is 1. The summed E-state index contributed by atoms with van der Waals surface area (Å²) >= 11 is 6.15. The second-order valence-corrected chi connectivity index (χ2v) is 7.80. The first kappa shape index (κ1) is 16.0. The first-order valence-corrected chi connectivity index (χ1v) is 9.64. The molecular weight excluding hydrogens is 350 g/mol. The number of esters is 1. The van der Waals surface area contributed by atoms with Crippen LogP contribution in [0.3, 0.4) is 0 Å². The zero-order chi connectivity index (χ0) is 17.8. The Bertz CT molecular complexity index is 924. The summed E-state index contributed by atoms with van der Waals surface area (Å²) in [6.45, 7) is 2.10. The van der Waals surface area contributed by atoms with Gasteiger partial charge in [-0.05, 0) is 61.9 Å². The fourth-order valence-electron chi connectivity index (χ4n) is 4.63. The highest BCUT2D eigenvalue weighted by Crippen LogP contribution is 2.47. The Morgan fingerprint density at radius 1 is 1.08 bits per heavy atom. The molecule has 5 heteroatoms. The Morgan fingerprint density at radius 2 is 1.92 bits per heavy atom. The molecule has 26 heavy (non-hydrogen) atoms. The van der Waals surface area contributed by atoms with Gasteiger partial charge in [0, 0.05) is 40.5 Å². The number of phenols is 1. The van der Waals surface area contributed by atoms with E-state index >= 15 is 0 Å². The molecule has 0 fully saturated rings. The number of nitrogens with zero attached hydrogens (tertiary/aromatic N) is 1. The molecule has 2 aromatic carbocycles. The Labute approximate surface area is 157 Å². The molecule has 4 nitrogen and oxygen atoms in total. The minimum atomic E-state index is -0.587. The monoisotopic (exact) mass is 369 g/mol. The van der Waals surface area contributed by atoms with Crippen LogP contribution in [0.15, 0.2) is 24.3 Å². The van der Waals surface area contributed by atoms with E-state index in [1.54, 1.807) is 18.2 Å². The van der Waals surface area contributed by atoms with E-state index in [1.165, 1.54) is 17.7 Å². The van der Waals surface area contributed by atoms with Gasteiger partial charge in [0.2, 0.25) is 0 Å². The second kappa shape index (κ2) is 5.92. The minimum absolute atomic E-state index is 0.279. The van der Waals surface area contributed by atoms with Crippen molar-refractivity contribution in [1.82, 2.24) is 0 Å². The summed E-state index contributed by atoms with van der Waals surface area (Å²) < 4.78 is 5.65. The lowest BCUT2D eigenvalue weighted by molar-refractivity contribution is 0.0452. The fraction of sp³-hybridized carbons (Fsp3) is 0.381. The van der Waals surface area contributed by atoms with Gasteiger partial charge in [0.1, 0.15) is 5.75 Å². The van der Waals surface area contributed by atoms with Gasteiger partial charge >= 0.3 is 5.97 Å². The van der Waals surface area contributed by atoms with Crippen molar-refractivity contribution in [3.8, 4) is 5.75 Å². The van der Waals surface area contributed by atoms with E-state index in [0.717, 1.165) is 49.9 Å². The highest BCUT2D eigenvalue weighted by molar-refractivity contribution is 6.30. The number of halogens is 1. The number of rotatable bonds is 1. The van der Waals surface area contributed by atoms with Gasteiger partial charge < -0.3 is 14.7 Å². The number of carbonyl (C=O) groups is 1. The van der Waals surface area contributed by atoms with E-state index in [-0.39, 0.29) is 11.7 Å². The molecule has 3 heterocycles. The van der Waals surface area contributed by atoms with E-state index in [4.69, 9.17) is 16.3 Å². The Morgan fingerprint density at radius 3 is 2.81 bits per heavy atom. The van der Waals surface area contributed by atoms with Crippen molar-refractivity contribution in [2.24, 2.45) is 0 Å². The number of hydrogen-bond donors (Lipinski definition) is 1. The quantitative estimate of drug-likeness (QED) is 0.757. The summed E-state index contributed by atoms with van der Waals surface area (Å²) in [5.41, 5.74) is 5.45. The van der Waals surface area contributed by atoms with E-state index in [1.807, 2.05) is 6.07 Å². The molecule has 134 valence electrons. The van der Waals surface area contributed by atoms with Crippen LogP contribution in [0.5, 0.6) is 5.75 Å². The highest BCUT2D eigenvalue weighted by atomic mass is 35.5. The number of anilines is 1. The summed E-state index contributed by atoms with van der Waals surface area (Å²) in [4.78, 5) is 14.7. The molecule has 0 bridgehead atoms. The predicted octanol–water partition coefficient (Wildman–Crippen LogP) is 4.39. The first-order valence-electron chi connectivity index (χ1n) is 9.26. The number of aromatic hydroxyl groups is 1. The number of benzene rings is 2. The Balaban J connectivity index is 1.69. The SMILES string of the molecule is O=C1O[C@@H](c2cc3c4c(c2O)CCCN4CCCC3)c2cc(Cl)ccc21. The Hall–Kier alpha value is -2.20. The largest absolute Gasteiger partial charge is 0.507 e. The van der Waals surface area contributed by atoms with Crippen molar-refractivity contribution in [2.75, 3.05) is 18.0 Å². The average molecular weight is 370 g/mol. The smallest absolute Gasteiger partial charge is 0.339 e. The van der Waals surface area contributed by atoms with Crippen molar-refractivity contribution in [3.05, 3.63) is 57.1 Å². The summed E-state index contributed by atoms with van der Waals surface area (Å²) in [6.07, 6.45) is 4.62. The van der Waals surface area contributed by atoms with Gasteiger partial charge in [-0.1, -0.05) is 11.6 Å². The molecule has 1 N–H and O–H groups in total. The zero-order valence-corrected chi connectivity index (χ0v) is 15.2. The minimum Gasteiger partial charge on any atom is -0.507 e. The van der Waals surface area contributed by atoms with Crippen LogP contribution < -0.4 is 4.90 Å². The molecule has 5 rings (SSSR count). The molecule has 3 aliphatic heterocycles. The van der Waals surface area contributed by atoms with Crippen molar-refractivity contribution in [2.45, 2.75) is 38.2 Å². The van der Waals surface area contributed by atoms with E-state index in [2.05, 4.69) is 4.90 Å². The molecule has 0 aliphatic carbocycles. The van der Waals surface area contributed by atoms with Crippen molar-refractivity contribution in [1.29, 1.82) is 0 Å². The standard InChI is InChI=1S/C21H20ClNO3/c22-13-6-7-14-16(11-13)20(26-21(14)25)17-10-12-4-1-2-8-23-9-3-5-15(18(12)23)19(17)24/h6-7,10-11,20,24H,1-5,8-9H2/t20-/m1/s1. The van der Waals surface area contributed by atoms with Crippen molar-refractivity contribution < 1.29 is 14.6 Å². The van der Waals surface area contributed by atoms with Gasteiger partial charge in [-0.3, -0.25) is 0 Å². The third-order valence-corrected chi connectivity index (χ3v) is 6.03. The van der Waals surface area contributed by atoms with Crippen LogP contribution in [0, 0.1) is 0 Å². The molecule has 0 spiro atoms. The highest BCUT2D eigenvalue weighted by Gasteiger charge is 2.36. The molecule has 0 saturated carbocycles.